The predicted molar refractivity (Wildman–Crippen MR) is 84.3 cm³/mol. The van der Waals surface area contributed by atoms with Crippen molar-refractivity contribution in [3.05, 3.63) is 71.8 Å². The first kappa shape index (κ1) is 14.8. The van der Waals surface area contributed by atoms with Crippen LogP contribution in [0, 0.1) is 0 Å². The van der Waals surface area contributed by atoms with E-state index < -0.39 is 6.04 Å². The smallest absolute Gasteiger partial charge is 0.331 e. The van der Waals surface area contributed by atoms with E-state index in [1.54, 1.807) is 6.92 Å². The molecule has 0 amide bonds. The predicted octanol–water partition coefficient (Wildman–Crippen LogP) is 3.35. The lowest BCUT2D eigenvalue weighted by Crippen LogP contribution is -2.15. The summed E-state index contributed by atoms with van der Waals surface area (Å²) in [6.07, 6.45) is 0. The maximum atomic E-state index is 11.4. The van der Waals surface area contributed by atoms with Crippen molar-refractivity contribution in [2.75, 3.05) is 7.11 Å². The summed E-state index contributed by atoms with van der Waals surface area (Å²) >= 11 is 0. The molecule has 2 aromatic rings. The molecule has 0 spiro atoms. The summed E-state index contributed by atoms with van der Waals surface area (Å²) < 4.78 is 4.67. The fourth-order valence-corrected chi connectivity index (χ4v) is 1.89. The van der Waals surface area contributed by atoms with Gasteiger partial charge in [0, 0.05) is 0 Å². The lowest BCUT2D eigenvalue weighted by molar-refractivity contribution is -0.141. The van der Waals surface area contributed by atoms with Gasteiger partial charge in [0.1, 0.15) is 0 Å². The Hall–Kier alpha value is -2.64. The number of nitrogens with zero attached hydrogens (tertiary/aromatic N) is 1. The van der Waals surface area contributed by atoms with E-state index in [4.69, 9.17) is 0 Å². The minimum atomic E-state index is -0.572. The van der Waals surface area contributed by atoms with Gasteiger partial charge in [-0.2, -0.15) is 0 Å². The number of carbonyl (C=O) groups excluding carboxylic acids is 1. The van der Waals surface area contributed by atoms with Crippen LogP contribution in [0.1, 0.15) is 18.1 Å². The van der Waals surface area contributed by atoms with E-state index in [-0.39, 0.29) is 5.97 Å². The van der Waals surface area contributed by atoms with E-state index >= 15 is 0 Å². The number of hydrogen-bond acceptors (Lipinski definition) is 3. The topological polar surface area (TPSA) is 38.7 Å². The summed E-state index contributed by atoms with van der Waals surface area (Å²) in [6, 6.07) is 19.2. The van der Waals surface area contributed by atoms with Crippen LogP contribution in [0.2, 0.25) is 0 Å². The van der Waals surface area contributed by atoms with Crippen molar-refractivity contribution in [3.63, 3.8) is 0 Å². The molecule has 0 saturated carbocycles. The van der Waals surface area contributed by atoms with Crippen LogP contribution in [-0.2, 0) is 9.53 Å². The molecule has 2 rings (SSSR count). The second-order valence-corrected chi connectivity index (χ2v) is 4.55. The molecule has 0 N–H and O–H groups in total. The molecular formula is C18H17NO2. The number of hydrogen-bond donors (Lipinski definition) is 0. The zero-order chi connectivity index (χ0) is 15.1. The lowest BCUT2D eigenvalue weighted by Gasteiger charge is -2.05. The number of methoxy groups -OCH3 is 1. The van der Waals surface area contributed by atoms with Crippen LogP contribution in [-0.4, -0.2) is 25.0 Å². The van der Waals surface area contributed by atoms with E-state index in [1.165, 1.54) is 7.11 Å². The first-order chi connectivity index (χ1) is 10.2. The Bertz CT molecular complexity index is 615. The number of esters is 1. The Morgan fingerprint density at radius 1 is 1.00 bits per heavy atom. The largest absolute Gasteiger partial charge is 0.467 e. The lowest BCUT2D eigenvalue weighted by atomic mass is 9.99. The summed E-state index contributed by atoms with van der Waals surface area (Å²) in [5, 5.41) is 0. The van der Waals surface area contributed by atoms with Crippen molar-refractivity contribution in [1.29, 1.82) is 0 Å². The van der Waals surface area contributed by atoms with Gasteiger partial charge >= 0.3 is 5.97 Å². The molecule has 0 aliphatic rings. The first-order valence-corrected chi connectivity index (χ1v) is 6.74. The molecule has 3 heteroatoms. The molecule has 0 aliphatic carbocycles. The second kappa shape index (κ2) is 7.22. The van der Waals surface area contributed by atoms with Gasteiger partial charge in [0.15, 0.2) is 6.04 Å². The zero-order valence-corrected chi connectivity index (χ0v) is 12.1. The van der Waals surface area contributed by atoms with Gasteiger partial charge in [-0.1, -0.05) is 60.7 Å². The Kier molecular flexibility index (Phi) is 5.08. The molecule has 21 heavy (non-hydrogen) atoms. The summed E-state index contributed by atoms with van der Waals surface area (Å²) in [4.78, 5) is 15.6. The third-order valence-electron chi connectivity index (χ3n) is 3.04. The van der Waals surface area contributed by atoms with Crippen molar-refractivity contribution in [3.8, 4) is 0 Å². The number of aliphatic imine (C=N–C) groups is 1. The molecule has 106 valence electrons. The number of carbonyl (C=O) groups is 1. The fraction of sp³-hybridized carbons (Fsp3) is 0.167. The number of benzene rings is 2. The monoisotopic (exact) mass is 279 g/mol. The first-order valence-electron chi connectivity index (χ1n) is 6.74. The Labute approximate surface area is 124 Å². The molecule has 0 bridgehead atoms. The van der Waals surface area contributed by atoms with Crippen LogP contribution in [0.15, 0.2) is 65.7 Å². The third kappa shape index (κ3) is 3.91. The van der Waals surface area contributed by atoms with E-state index in [0.29, 0.717) is 0 Å². The standard InChI is InChI=1S/C18H17NO2/c1-14(18(20)21-2)19-13-17(15-9-5-3-6-10-15)16-11-7-4-8-12-16/h3-12,14H,1-2H3. The van der Waals surface area contributed by atoms with Crippen molar-refractivity contribution < 1.29 is 9.53 Å². The van der Waals surface area contributed by atoms with Crippen LogP contribution in [0.5, 0.6) is 0 Å². The van der Waals surface area contributed by atoms with Crippen LogP contribution in [0.4, 0.5) is 0 Å². The number of rotatable bonds is 4. The average Bonchev–Trinajstić information content (AvgIpc) is 2.56. The molecule has 1 atom stereocenters. The molecule has 2 aromatic carbocycles. The van der Waals surface area contributed by atoms with Gasteiger partial charge in [-0.15, -0.1) is 0 Å². The molecule has 0 fully saturated rings. The van der Waals surface area contributed by atoms with Crippen LogP contribution in [0.3, 0.4) is 0 Å². The summed E-state index contributed by atoms with van der Waals surface area (Å²) in [6.45, 7) is 1.69. The molecule has 0 saturated heterocycles. The summed E-state index contributed by atoms with van der Waals surface area (Å²) in [5.74, 6) is 2.64. The molecule has 0 aromatic heterocycles. The van der Waals surface area contributed by atoms with Gasteiger partial charge < -0.3 is 4.74 Å². The third-order valence-corrected chi connectivity index (χ3v) is 3.04. The maximum absolute atomic E-state index is 11.4. The molecule has 3 nitrogen and oxygen atoms in total. The van der Waals surface area contributed by atoms with Crippen LogP contribution in [0.25, 0.3) is 5.57 Å². The van der Waals surface area contributed by atoms with Gasteiger partial charge in [0.05, 0.1) is 12.7 Å². The van der Waals surface area contributed by atoms with E-state index in [1.807, 2.05) is 60.7 Å². The minimum absolute atomic E-state index is 0.372. The van der Waals surface area contributed by atoms with Crippen molar-refractivity contribution >= 4 is 17.4 Å². The quantitative estimate of drug-likeness (QED) is 0.636. The highest BCUT2D eigenvalue weighted by atomic mass is 16.5. The molecule has 0 heterocycles. The number of ether oxygens (including phenoxy) is 1. The summed E-state index contributed by atoms with van der Waals surface area (Å²) in [5.41, 5.74) is 2.86. The Balaban J connectivity index is 2.47. The van der Waals surface area contributed by atoms with Gasteiger partial charge in [-0.05, 0) is 23.9 Å². The van der Waals surface area contributed by atoms with Crippen molar-refractivity contribution in [2.24, 2.45) is 4.99 Å². The van der Waals surface area contributed by atoms with Crippen molar-refractivity contribution in [1.82, 2.24) is 0 Å². The van der Waals surface area contributed by atoms with Crippen LogP contribution < -0.4 is 0 Å². The van der Waals surface area contributed by atoms with Crippen LogP contribution >= 0.6 is 0 Å². The zero-order valence-electron chi connectivity index (χ0n) is 12.1. The average molecular weight is 279 g/mol. The van der Waals surface area contributed by atoms with Gasteiger partial charge in [0.25, 0.3) is 0 Å². The Morgan fingerprint density at radius 2 is 1.48 bits per heavy atom. The molecule has 0 radical (unpaired) electrons. The molecular weight excluding hydrogens is 262 g/mol. The second-order valence-electron chi connectivity index (χ2n) is 4.55. The SMILES string of the molecule is COC(=O)C(C)N=C=C(c1ccccc1)c1ccccc1. The van der Waals surface area contributed by atoms with E-state index in [0.717, 1.165) is 16.7 Å². The van der Waals surface area contributed by atoms with Crippen molar-refractivity contribution in [2.45, 2.75) is 13.0 Å². The molecule has 0 aliphatic heterocycles. The summed E-state index contributed by atoms with van der Waals surface area (Å²) in [7, 11) is 1.35. The highest BCUT2D eigenvalue weighted by molar-refractivity contribution is 5.99. The molecule has 1 unspecified atom stereocenters. The van der Waals surface area contributed by atoms with E-state index in [9.17, 15) is 4.79 Å². The fourth-order valence-electron chi connectivity index (χ4n) is 1.89. The Morgan fingerprint density at radius 3 is 1.90 bits per heavy atom. The maximum Gasteiger partial charge on any atom is 0.331 e. The highest BCUT2D eigenvalue weighted by Gasteiger charge is 2.10. The minimum Gasteiger partial charge on any atom is -0.467 e. The highest BCUT2D eigenvalue weighted by Crippen LogP contribution is 2.20. The normalized spacial score (nSPS) is 11.1. The van der Waals surface area contributed by atoms with Gasteiger partial charge in [-0.25, -0.2) is 9.79 Å². The van der Waals surface area contributed by atoms with E-state index in [2.05, 4.69) is 15.6 Å². The van der Waals surface area contributed by atoms with Gasteiger partial charge in [-0.3, -0.25) is 0 Å². The van der Waals surface area contributed by atoms with Gasteiger partial charge in [0.2, 0.25) is 0 Å².